The molecule has 0 aliphatic carbocycles. The topological polar surface area (TPSA) is 81.0 Å². The number of fused-ring (bicyclic) bond motifs is 3. The molecule has 0 saturated carbocycles. The highest BCUT2D eigenvalue weighted by Crippen LogP contribution is 2.34. The summed E-state index contributed by atoms with van der Waals surface area (Å²) in [6.07, 6.45) is -4.38. The maximum absolute atomic E-state index is 15.1. The molecule has 2 heterocycles. The van der Waals surface area contributed by atoms with Gasteiger partial charge in [-0.15, -0.1) is 13.2 Å². The number of nitrogens with zero attached hydrogens (tertiary/aromatic N) is 2. The highest BCUT2D eigenvalue weighted by atomic mass is 19.4. The average Bonchev–Trinajstić information content (AvgIpc) is 3.21. The molecule has 1 N–H and O–H groups in total. The number of rotatable bonds is 7. The van der Waals surface area contributed by atoms with Crippen LogP contribution in [-0.4, -0.2) is 46.5 Å². The Kier molecular flexibility index (Phi) is 7.14. The van der Waals surface area contributed by atoms with Gasteiger partial charge in [0.15, 0.2) is 0 Å². The summed E-state index contributed by atoms with van der Waals surface area (Å²) in [6.45, 7) is 0.629. The Morgan fingerprint density at radius 3 is 2.52 bits per heavy atom. The summed E-state index contributed by atoms with van der Waals surface area (Å²) >= 11 is 0. The van der Waals surface area contributed by atoms with Gasteiger partial charge in [-0.1, -0.05) is 30.3 Å². The molecule has 1 amide bonds. The number of methoxy groups -OCH3 is 1. The van der Waals surface area contributed by atoms with Crippen molar-refractivity contribution in [1.82, 2.24) is 9.47 Å². The Balaban J connectivity index is 1.45. The number of hydrogen-bond donors (Lipinski definition) is 1. The van der Waals surface area contributed by atoms with E-state index >= 15 is 4.39 Å². The average molecular weight is 557 g/mol. The second-order valence-electron chi connectivity index (χ2n) is 9.42. The molecule has 1 aliphatic heterocycles. The smallest absolute Gasteiger partial charge is 0.496 e. The summed E-state index contributed by atoms with van der Waals surface area (Å²) in [4.78, 5) is 26.3. The van der Waals surface area contributed by atoms with Gasteiger partial charge >= 0.3 is 12.3 Å². The Labute approximate surface area is 226 Å². The number of amides is 1. The first-order valence-corrected chi connectivity index (χ1v) is 12.3. The zero-order chi connectivity index (χ0) is 28.6. The normalized spacial score (nSPS) is 13.3. The molecule has 1 aliphatic rings. The lowest BCUT2D eigenvalue weighted by Crippen LogP contribution is -2.37. The van der Waals surface area contributed by atoms with Gasteiger partial charge in [0.25, 0.3) is 0 Å². The Morgan fingerprint density at radius 1 is 1.02 bits per heavy atom. The van der Waals surface area contributed by atoms with Crippen LogP contribution in [0.1, 0.15) is 32.7 Å². The van der Waals surface area contributed by atoms with Crippen LogP contribution in [0.3, 0.4) is 0 Å². The number of carboxylic acids is 1. The van der Waals surface area contributed by atoms with E-state index in [1.807, 2.05) is 0 Å². The Hall–Kier alpha value is -4.54. The maximum atomic E-state index is 15.1. The zero-order valence-corrected chi connectivity index (χ0v) is 21.3. The lowest BCUT2D eigenvalue weighted by atomic mass is 10.0. The van der Waals surface area contributed by atoms with E-state index in [0.29, 0.717) is 40.7 Å². The highest BCUT2D eigenvalue weighted by molar-refractivity contribution is 5.91. The molecular formula is C29H24F4N2O5. The molecule has 0 radical (unpaired) electrons. The molecule has 1 aromatic heterocycles. The number of alkyl halides is 3. The standard InChI is InChI=1S/C29H24F4N2O5/c1-39-25-13-17(8-9-22(25)28(37)38)14-26(36)34-11-10-20-21-6-3-7-23(30)27(21)35(24(20)16-34)15-18-4-2-5-19(12-18)40-29(31,32)33/h2-9,12-13H,10-11,14-16H2,1H3,(H,37,38). The molecule has 5 rings (SSSR count). The van der Waals surface area contributed by atoms with Crippen LogP contribution in [0.15, 0.2) is 60.7 Å². The first-order valence-electron chi connectivity index (χ1n) is 12.3. The van der Waals surface area contributed by atoms with Crippen molar-refractivity contribution in [2.45, 2.75) is 32.3 Å². The first kappa shape index (κ1) is 27.0. The number of carboxylic acid groups (broad SMARTS) is 1. The Bertz CT molecular complexity index is 1610. The molecule has 0 unspecified atom stereocenters. The van der Waals surface area contributed by atoms with E-state index in [1.54, 1.807) is 33.7 Å². The molecule has 0 fully saturated rings. The fourth-order valence-corrected chi connectivity index (χ4v) is 5.17. The van der Waals surface area contributed by atoms with Gasteiger partial charge in [0.2, 0.25) is 5.91 Å². The number of halogens is 4. The zero-order valence-electron chi connectivity index (χ0n) is 21.3. The molecule has 208 valence electrons. The summed E-state index contributed by atoms with van der Waals surface area (Å²) in [5, 5.41) is 9.99. The first-order chi connectivity index (χ1) is 19.0. The van der Waals surface area contributed by atoms with E-state index in [9.17, 15) is 27.9 Å². The second-order valence-corrected chi connectivity index (χ2v) is 9.42. The number of aromatic nitrogens is 1. The highest BCUT2D eigenvalue weighted by Gasteiger charge is 2.31. The van der Waals surface area contributed by atoms with Gasteiger partial charge in [0, 0.05) is 24.2 Å². The lowest BCUT2D eigenvalue weighted by molar-refractivity contribution is -0.274. The number of ether oxygens (including phenoxy) is 2. The minimum absolute atomic E-state index is 0.00297. The molecule has 7 nitrogen and oxygen atoms in total. The third kappa shape index (κ3) is 5.45. The van der Waals surface area contributed by atoms with Crippen molar-refractivity contribution in [3.63, 3.8) is 0 Å². The maximum Gasteiger partial charge on any atom is 0.573 e. The molecule has 11 heteroatoms. The monoisotopic (exact) mass is 556 g/mol. The molecule has 3 aromatic carbocycles. The molecule has 0 atom stereocenters. The van der Waals surface area contributed by atoms with Gasteiger partial charge in [-0.2, -0.15) is 0 Å². The third-order valence-electron chi connectivity index (χ3n) is 6.91. The van der Waals surface area contributed by atoms with E-state index < -0.39 is 18.1 Å². The molecular weight excluding hydrogens is 532 g/mol. The van der Waals surface area contributed by atoms with Crippen molar-refractivity contribution >= 4 is 22.8 Å². The fourth-order valence-electron chi connectivity index (χ4n) is 5.17. The van der Waals surface area contributed by atoms with Crippen molar-refractivity contribution in [3.8, 4) is 11.5 Å². The van der Waals surface area contributed by atoms with Crippen LogP contribution in [0.2, 0.25) is 0 Å². The molecule has 40 heavy (non-hydrogen) atoms. The van der Waals surface area contributed by atoms with Gasteiger partial charge in [-0.05, 0) is 53.4 Å². The van der Waals surface area contributed by atoms with Crippen molar-refractivity contribution in [3.05, 3.63) is 94.4 Å². The van der Waals surface area contributed by atoms with Crippen molar-refractivity contribution in [2.75, 3.05) is 13.7 Å². The summed E-state index contributed by atoms with van der Waals surface area (Å²) < 4.78 is 64.3. The summed E-state index contributed by atoms with van der Waals surface area (Å²) in [5.74, 6) is -2.07. The summed E-state index contributed by atoms with van der Waals surface area (Å²) in [6, 6.07) is 14.7. The number of aromatic carboxylic acids is 1. The quantitative estimate of drug-likeness (QED) is 0.302. The fraction of sp³-hybridized carbons (Fsp3) is 0.241. The van der Waals surface area contributed by atoms with E-state index in [0.717, 1.165) is 5.56 Å². The largest absolute Gasteiger partial charge is 0.573 e. The van der Waals surface area contributed by atoms with Gasteiger partial charge < -0.3 is 24.0 Å². The van der Waals surface area contributed by atoms with Crippen LogP contribution in [0.5, 0.6) is 11.5 Å². The van der Waals surface area contributed by atoms with Crippen molar-refractivity contribution < 1.29 is 41.7 Å². The minimum Gasteiger partial charge on any atom is -0.496 e. The van der Waals surface area contributed by atoms with Gasteiger partial charge in [-0.25, -0.2) is 9.18 Å². The SMILES string of the molecule is COc1cc(CC(=O)N2CCc3c(n(Cc4cccc(OC(F)(F)F)c4)c4c(F)cccc34)C2)ccc1C(=O)O. The van der Waals surface area contributed by atoms with Crippen molar-refractivity contribution in [1.29, 1.82) is 0 Å². The predicted molar refractivity (Wildman–Crippen MR) is 137 cm³/mol. The van der Waals surface area contributed by atoms with E-state index in [-0.39, 0.29) is 42.5 Å². The number of para-hydroxylation sites is 1. The van der Waals surface area contributed by atoms with E-state index in [1.165, 1.54) is 43.5 Å². The van der Waals surface area contributed by atoms with Gasteiger partial charge in [0.1, 0.15) is 22.9 Å². The minimum atomic E-state index is -4.84. The van der Waals surface area contributed by atoms with Crippen LogP contribution < -0.4 is 9.47 Å². The number of benzene rings is 3. The van der Waals surface area contributed by atoms with E-state index in [4.69, 9.17) is 4.74 Å². The molecule has 0 bridgehead atoms. The van der Waals surface area contributed by atoms with Crippen LogP contribution in [0, 0.1) is 5.82 Å². The summed E-state index contributed by atoms with van der Waals surface area (Å²) in [5.41, 5.74) is 2.93. The lowest BCUT2D eigenvalue weighted by Gasteiger charge is -2.29. The van der Waals surface area contributed by atoms with Gasteiger partial charge in [0.05, 0.1) is 25.6 Å². The van der Waals surface area contributed by atoms with Crippen LogP contribution in [0.25, 0.3) is 10.9 Å². The molecule has 0 saturated heterocycles. The van der Waals surface area contributed by atoms with Crippen molar-refractivity contribution in [2.24, 2.45) is 0 Å². The third-order valence-corrected chi connectivity index (χ3v) is 6.91. The van der Waals surface area contributed by atoms with Crippen LogP contribution in [-0.2, 0) is 30.7 Å². The summed E-state index contributed by atoms with van der Waals surface area (Å²) in [7, 11) is 1.35. The molecule has 4 aromatic rings. The second kappa shape index (κ2) is 10.6. The van der Waals surface area contributed by atoms with E-state index in [2.05, 4.69) is 4.74 Å². The van der Waals surface area contributed by atoms with Crippen LogP contribution >= 0.6 is 0 Å². The molecule has 0 spiro atoms. The van der Waals surface area contributed by atoms with Crippen LogP contribution in [0.4, 0.5) is 17.6 Å². The predicted octanol–water partition coefficient (Wildman–Crippen LogP) is 5.56. The number of hydrogen-bond acceptors (Lipinski definition) is 4. The van der Waals surface area contributed by atoms with Gasteiger partial charge in [-0.3, -0.25) is 4.79 Å². The Morgan fingerprint density at radius 2 is 1.80 bits per heavy atom. The number of carbonyl (C=O) groups excluding carboxylic acids is 1. The number of carbonyl (C=O) groups is 2.